The van der Waals surface area contributed by atoms with E-state index in [1.54, 1.807) is 0 Å². The number of anilines is 3. The molecule has 1 fully saturated rings. The first-order chi connectivity index (χ1) is 18.5. The number of nitrogens with zero attached hydrogens (tertiary/aromatic N) is 5. The lowest BCUT2D eigenvalue weighted by Gasteiger charge is -2.35. The predicted octanol–water partition coefficient (Wildman–Crippen LogP) is 5.61. The van der Waals surface area contributed by atoms with E-state index in [9.17, 15) is 4.79 Å². The molecule has 38 heavy (non-hydrogen) atoms. The van der Waals surface area contributed by atoms with Crippen LogP contribution in [0.25, 0.3) is 22.2 Å². The van der Waals surface area contributed by atoms with Crippen molar-refractivity contribution in [2.24, 2.45) is 0 Å². The molecule has 1 N–H and O–H groups in total. The third-order valence-electron chi connectivity index (χ3n) is 6.80. The average molecular weight is 505 g/mol. The van der Waals surface area contributed by atoms with Crippen molar-refractivity contribution in [1.29, 1.82) is 0 Å². The number of carbonyl (C=O) groups is 1. The first-order valence-electron chi connectivity index (χ1n) is 12.7. The monoisotopic (exact) mass is 504 g/mol. The van der Waals surface area contributed by atoms with Crippen LogP contribution in [0.3, 0.4) is 0 Å². The first kappa shape index (κ1) is 23.7. The molecule has 1 saturated heterocycles. The minimum Gasteiger partial charge on any atom is -0.355 e. The zero-order valence-electron chi connectivity index (χ0n) is 21.4. The molecule has 3 aromatic carbocycles. The molecule has 8 heteroatoms. The van der Waals surface area contributed by atoms with Gasteiger partial charge in [0.15, 0.2) is 5.76 Å². The van der Waals surface area contributed by atoms with Crippen molar-refractivity contribution in [3.8, 4) is 11.3 Å². The highest BCUT2D eigenvalue weighted by Crippen LogP contribution is 2.30. The second-order valence-corrected chi connectivity index (χ2v) is 9.54. The van der Waals surface area contributed by atoms with Gasteiger partial charge in [0.05, 0.1) is 5.39 Å². The number of piperazine rings is 1. The van der Waals surface area contributed by atoms with Gasteiger partial charge in [-0.3, -0.25) is 4.79 Å². The maximum atomic E-state index is 13.4. The van der Waals surface area contributed by atoms with E-state index in [0.29, 0.717) is 43.3 Å². The second kappa shape index (κ2) is 9.97. The molecule has 8 nitrogen and oxygen atoms in total. The minimum atomic E-state index is 0.00681. The van der Waals surface area contributed by atoms with Crippen LogP contribution in [0.4, 0.5) is 17.3 Å². The number of rotatable bonds is 5. The molecule has 3 heterocycles. The molecule has 5 aromatic rings. The smallest absolute Gasteiger partial charge is 0.254 e. The Hall–Kier alpha value is -4.72. The minimum absolute atomic E-state index is 0.00681. The second-order valence-electron chi connectivity index (χ2n) is 9.54. The van der Waals surface area contributed by atoms with Crippen LogP contribution in [-0.4, -0.2) is 52.1 Å². The number of hydrogen-bond acceptors (Lipinski definition) is 7. The van der Waals surface area contributed by atoms with E-state index in [2.05, 4.69) is 44.4 Å². The number of carbonyl (C=O) groups excluding carboxylic acids is 1. The summed E-state index contributed by atoms with van der Waals surface area (Å²) >= 11 is 0. The highest BCUT2D eigenvalue weighted by atomic mass is 16.5. The van der Waals surface area contributed by atoms with Gasteiger partial charge in [0.25, 0.3) is 5.91 Å². The molecule has 0 radical (unpaired) electrons. The molecule has 2 aromatic heterocycles. The SMILES string of the molecule is Cc1ccc(Nc2cc(N3CCN(C(=O)c4ccc5noc(-c6ccccc6)c5c4)CC3)nc(C)n2)cc1. The van der Waals surface area contributed by atoms with Gasteiger partial charge in [0, 0.05) is 49.1 Å². The lowest BCUT2D eigenvalue weighted by molar-refractivity contribution is 0.0746. The zero-order valence-corrected chi connectivity index (χ0v) is 21.4. The van der Waals surface area contributed by atoms with Crippen molar-refractivity contribution >= 4 is 34.1 Å². The maximum Gasteiger partial charge on any atom is 0.254 e. The Kier molecular flexibility index (Phi) is 6.21. The van der Waals surface area contributed by atoms with E-state index in [0.717, 1.165) is 33.8 Å². The molecule has 0 atom stereocenters. The topological polar surface area (TPSA) is 87.4 Å². The molecule has 0 bridgehead atoms. The van der Waals surface area contributed by atoms with Gasteiger partial charge < -0.3 is 19.6 Å². The molecule has 1 aliphatic rings. The van der Waals surface area contributed by atoms with Crippen LogP contribution in [0.1, 0.15) is 21.7 Å². The van der Waals surface area contributed by atoms with Gasteiger partial charge in [-0.15, -0.1) is 0 Å². The van der Waals surface area contributed by atoms with E-state index in [4.69, 9.17) is 4.52 Å². The molecular formula is C30H28N6O2. The summed E-state index contributed by atoms with van der Waals surface area (Å²) in [6.07, 6.45) is 0. The number of benzene rings is 3. The lowest BCUT2D eigenvalue weighted by Crippen LogP contribution is -2.49. The Morgan fingerprint density at radius 2 is 1.63 bits per heavy atom. The predicted molar refractivity (Wildman–Crippen MR) is 149 cm³/mol. The quantitative estimate of drug-likeness (QED) is 0.333. The number of amides is 1. The maximum absolute atomic E-state index is 13.4. The summed E-state index contributed by atoms with van der Waals surface area (Å²) in [6, 6.07) is 25.6. The average Bonchev–Trinajstić information content (AvgIpc) is 3.37. The Morgan fingerprint density at radius 3 is 2.39 bits per heavy atom. The largest absolute Gasteiger partial charge is 0.355 e. The summed E-state index contributed by atoms with van der Waals surface area (Å²) in [5.74, 6) is 3.00. The number of aromatic nitrogens is 3. The van der Waals surface area contributed by atoms with Crippen LogP contribution >= 0.6 is 0 Å². The summed E-state index contributed by atoms with van der Waals surface area (Å²) < 4.78 is 5.61. The van der Waals surface area contributed by atoms with Crippen molar-refractivity contribution in [1.82, 2.24) is 20.0 Å². The normalized spacial score (nSPS) is 13.6. The third-order valence-corrected chi connectivity index (χ3v) is 6.80. The van der Waals surface area contributed by atoms with Crippen LogP contribution in [-0.2, 0) is 0 Å². The Labute approximate surface area is 220 Å². The van der Waals surface area contributed by atoms with Crippen LogP contribution in [0.5, 0.6) is 0 Å². The van der Waals surface area contributed by atoms with Crippen LogP contribution in [0.2, 0.25) is 0 Å². The van der Waals surface area contributed by atoms with Crippen LogP contribution < -0.4 is 10.2 Å². The van der Waals surface area contributed by atoms with E-state index in [1.165, 1.54) is 5.56 Å². The Bertz CT molecular complexity index is 1590. The van der Waals surface area contributed by atoms with Crippen molar-refractivity contribution in [2.45, 2.75) is 13.8 Å². The van der Waals surface area contributed by atoms with E-state index >= 15 is 0 Å². The van der Waals surface area contributed by atoms with Gasteiger partial charge in [-0.2, -0.15) is 0 Å². The molecule has 1 amide bonds. The van der Waals surface area contributed by atoms with Crippen molar-refractivity contribution in [2.75, 3.05) is 36.4 Å². The molecule has 190 valence electrons. The summed E-state index contributed by atoms with van der Waals surface area (Å²) in [6.45, 7) is 6.56. The lowest BCUT2D eigenvalue weighted by atomic mass is 10.1. The van der Waals surface area contributed by atoms with E-state index < -0.39 is 0 Å². The highest BCUT2D eigenvalue weighted by Gasteiger charge is 2.24. The van der Waals surface area contributed by atoms with Crippen LogP contribution in [0.15, 0.2) is 83.4 Å². The van der Waals surface area contributed by atoms with Crippen molar-refractivity contribution < 1.29 is 9.32 Å². The first-order valence-corrected chi connectivity index (χ1v) is 12.7. The van der Waals surface area contributed by atoms with E-state index in [-0.39, 0.29) is 5.91 Å². The van der Waals surface area contributed by atoms with Gasteiger partial charge in [0.1, 0.15) is 23.0 Å². The number of nitrogens with one attached hydrogen (secondary N) is 1. The summed E-state index contributed by atoms with van der Waals surface area (Å²) in [5, 5.41) is 8.38. The fourth-order valence-corrected chi connectivity index (χ4v) is 4.76. The Morgan fingerprint density at radius 1 is 0.868 bits per heavy atom. The number of fused-ring (bicyclic) bond motifs is 1. The van der Waals surface area contributed by atoms with Crippen molar-refractivity contribution in [3.05, 3.63) is 95.8 Å². The van der Waals surface area contributed by atoms with Gasteiger partial charge in [0.2, 0.25) is 0 Å². The molecule has 0 unspecified atom stereocenters. The molecular weight excluding hydrogens is 476 g/mol. The zero-order chi connectivity index (χ0) is 26.1. The van der Waals surface area contributed by atoms with Gasteiger partial charge in [-0.1, -0.05) is 53.2 Å². The molecule has 0 aliphatic carbocycles. The standard InChI is InChI=1S/C30H28N6O2/c1-20-8-11-24(12-9-20)33-27-19-28(32-21(2)31-27)35-14-16-36(17-15-35)30(37)23-10-13-26-25(18-23)29(38-34-26)22-6-4-3-5-7-22/h3-13,18-19H,14-17H2,1-2H3,(H,31,32,33). The summed E-state index contributed by atoms with van der Waals surface area (Å²) in [4.78, 5) is 26.7. The van der Waals surface area contributed by atoms with Gasteiger partial charge in [-0.05, 0) is 44.2 Å². The molecule has 1 aliphatic heterocycles. The number of hydrogen-bond donors (Lipinski definition) is 1. The fraction of sp³-hybridized carbons (Fsp3) is 0.200. The summed E-state index contributed by atoms with van der Waals surface area (Å²) in [5.41, 5.74) is 4.49. The van der Waals surface area contributed by atoms with E-state index in [1.807, 2.05) is 78.6 Å². The van der Waals surface area contributed by atoms with Crippen molar-refractivity contribution in [3.63, 3.8) is 0 Å². The highest BCUT2D eigenvalue weighted by molar-refractivity contribution is 6.01. The number of aryl methyl sites for hydroxylation is 2. The van der Waals surface area contributed by atoms with Gasteiger partial charge >= 0.3 is 0 Å². The molecule has 6 rings (SSSR count). The molecule has 0 saturated carbocycles. The molecule has 0 spiro atoms. The fourth-order valence-electron chi connectivity index (χ4n) is 4.76. The van der Waals surface area contributed by atoms with Crippen LogP contribution in [0, 0.1) is 13.8 Å². The third kappa shape index (κ3) is 4.80. The Balaban J connectivity index is 1.16. The summed E-state index contributed by atoms with van der Waals surface area (Å²) in [7, 11) is 0. The van der Waals surface area contributed by atoms with Gasteiger partial charge in [-0.25, -0.2) is 9.97 Å².